The minimum Gasteiger partial charge on any atom is -0.495 e. The summed E-state index contributed by atoms with van der Waals surface area (Å²) in [6.07, 6.45) is 1.42. The second-order valence-electron chi connectivity index (χ2n) is 4.23. The lowest BCUT2D eigenvalue weighted by Gasteiger charge is -2.13. The molecule has 0 saturated carbocycles. The highest BCUT2D eigenvalue weighted by Crippen LogP contribution is 2.36. The van der Waals surface area contributed by atoms with Crippen LogP contribution in [0.1, 0.15) is 10.4 Å². The van der Waals surface area contributed by atoms with Crippen LogP contribution >= 0.6 is 11.6 Å². The minimum atomic E-state index is -0.335. The molecule has 0 radical (unpaired) electrons. The van der Waals surface area contributed by atoms with Gasteiger partial charge in [-0.1, -0.05) is 11.6 Å². The van der Waals surface area contributed by atoms with Crippen LogP contribution in [-0.4, -0.2) is 32.2 Å². The second kappa shape index (κ2) is 7.00. The summed E-state index contributed by atoms with van der Waals surface area (Å²) in [4.78, 5) is 16.2. The van der Waals surface area contributed by atoms with Crippen molar-refractivity contribution in [3.8, 4) is 17.4 Å². The molecule has 0 spiro atoms. The maximum absolute atomic E-state index is 12.2. The van der Waals surface area contributed by atoms with Gasteiger partial charge in [-0.2, -0.15) is 0 Å². The fraction of sp³-hybridized carbons (Fsp3) is 0.200. The number of halogens is 1. The van der Waals surface area contributed by atoms with E-state index < -0.39 is 0 Å². The highest BCUT2D eigenvalue weighted by atomic mass is 35.5. The first kappa shape index (κ1) is 15.9. The number of carbonyl (C=O) groups is 1. The fourth-order valence-electron chi connectivity index (χ4n) is 1.79. The molecule has 0 fully saturated rings. The number of hydrogen-bond acceptors (Lipinski definition) is 5. The average Bonchev–Trinajstić information content (AvgIpc) is 2.55. The fourth-order valence-corrected chi connectivity index (χ4v) is 2.02. The van der Waals surface area contributed by atoms with Crippen molar-refractivity contribution in [2.75, 3.05) is 26.6 Å². The summed E-state index contributed by atoms with van der Waals surface area (Å²) in [6, 6.07) is 6.38. The van der Waals surface area contributed by atoms with Crippen molar-refractivity contribution in [1.29, 1.82) is 0 Å². The number of methoxy groups -OCH3 is 3. The van der Waals surface area contributed by atoms with Gasteiger partial charge in [0, 0.05) is 24.4 Å². The van der Waals surface area contributed by atoms with Gasteiger partial charge in [-0.25, -0.2) is 4.98 Å². The molecule has 2 rings (SSSR count). The van der Waals surface area contributed by atoms with Gasteiger partial charge in [-0.05, 0) is 6.07 Å². The van der Waals surface area contributed by atoms with Gasteiger partial charge in [0.05, 0.1) is 37.6 Å². The van der Waals surface area contributed by atoms with Gasteiger partial charge in [-0.15, -0.1) is 0 Å². The summed E-state index contributed by atoms with van der Waals surface area (Å²) < 4.78 is 15.3. The molecule has 1 N–H and O–H groups in total. The molecule has 1 amide bonds. The van der Waals surface area contributed by atoms with E-state index in [1.807, 2.05) is 0 Å². The van der Waals surface area contributed by atoms with Crippen LogP contribution in [0, 0.1) is 0 Å². The van der Waals surface area contributed by atoms with Crippen molar-refractivity contribution in [1.82, 2.24) is 4.98 Å². The zero-order valence-electron chi connectivity index (χ0n) is 12.3. The number of aromatic nitrogens is 1. The van der Waals surface area contributed by atoms with Gasteiger partial charge in [0.1, 0.15) is 11.5 Å². The van der Waals surface area contributed by atoms with E-state index in [1.165, 1.54) is 27.5 Å². The number of anilines is 1. The maximum atomic E-state index is 12.2. The van der Waals surface area contributed by atoms with Crippen LogP contribution in [0.4, 0.5) is 5.69 Å². The van der Waals surface area contributed by atoms with Crippen molar-refractivity contribution >= 4 is 23.2 Å². The standard InChI is InChI=1S/C15H15ClN2O4/c1-20-12-7-11(13(21-2)6-10(12)16)18-15(19)9-4-5-14(22-3)17-8-9/h4-8H,1-3H3,(H,18,19). The summed E-state index contributed by atoms with van der Waals surface area (Å²) >= 11 is 6.03. The molecule has 7 heteroatoms. The highest BCUT2D eigenvalue weighted by Gasteiger charge is 2.14. The lowest BCUT2D eigenvalue weighted by molar-refractivity contribution is 0.102. The number of nitrogens with one attached hydrogen (secondary N) is 1. The average molecular weight is 323 g/mol. The van der Waals surface area contributed by atoms with Crippen LogP contribution in [0.25, 0.3) is 0 Å². The minimum absolute atomic E-state index is 0.335. The number of pyridine rings is 1. The molecular weight excluding hydrogens is 308 g/mol. The summed E-state index contributed by atoms with van der Waals surface area (Å²) in [7, 11) is 4.49. The number of hydrogen-bond donors (Lipinski definition) is 1. The third-order valence-electron chi connectivity index (χ3n) is 2.93. The number of carbonyl (C=O) groups excluding carboxylic acids is 1. The topological polar surface area (TPSA) is 69.7 Å². The van der Waals surface area contributed by atoms with Crippen LogP contribution in [0.15, 0.2) is 30.5 Å². The molecule has 0 unspecified atom stereocenters. The summed E-state index contributed by atoms with van der Waals surface area (Å²) in [5.41, 5.74) is 0.835. The SMILES string of the molecule is COc1ccc(C(=O)Nc2cc(OC)c(Cl)cc2OC)cn1. The van der Waals surface area contributed by atoms with Crippen LogP contribution in [0.3, 0.4) is 0 Å². The summed E-state index contributed by atoms with van der Waals surface area (Å²) in [5.74, 6) is 0.964. The Labute approximate surface area is 133 Å². The smallest absolute Gasteiger partial charge is 0.257 e. The molecule has 0 aliphatic carbocycles. The van der Waals surface area contributed by atoms with E-state index in [1.54, 1.807) is 24.3 Å². The van der Waals surface area contributed by atoms with Crippen LogP contribution in [0.2, 0.25) is 5.02 Å². The third kappa shape index (κ3) is 3.40. The highest BCUT2D eigenvalue weighted by molar-refractivity contribution is 6.32. The van der Waals surface area contributed by atoms with Gasteiger partial charge >= 0.3 is 0 Å². The third-order valence-corrected chi connectivity index (χ3v) is 3.23. The molecule has 2 aromatic rings. The van der Waals surface area contributed by atoms with E-state index >= 15 is 0 Å². The molecule has 0 aliphatic heterocycles. The molecule has 22 heavy (non-hydrogen) atoms. The number of ether oxygens (including phenoxy) is 3. The van der Waals surface area contributed by atoms with Crippen molar-refractivity contribution < 1.29 is 19.0 Å². The monoisotopic (exact) mass is 322 g/mol. The molecule has 116 valence electrons. The first-order valence-corrected chi connectivity index (χ1v) is 6.69. The van der Waals surface area contributed by atoms with Gasteiger partial charge in [0.25, 0.3) is 5.91 Å². The Kier molecular flexibility index (Phi) is 5.06. The lowest BCUT2D eigenvalue weighted by atomic mass is 10.2. The van der Waals surface area contributed by atoms with E-state index in [2.05, 4.69) is 10.3 Å². The predicted molar refractivity (Wildman–Crippen MR) is 83.3 cm³/mol. The zero-order chi connectivity index (χ0) is 16.1. The summed E-state index contributed by atoms with van der Waals surface area (Å²) in [6.45, 7) is 0. The van der Waals surface area contributed by atoms with Gasteiger partial charge in [0.15, 0.2) is 0 Å². The van der Waals surface area contributed by atoms with Crippen molar-refractivity contribution in [3.63, 3.8) is 0 Å². The molecule has 6 nitrogen and oxygen atoms in total. The van der Waals surface area contributed by atoms with Crippen LogP contribution in [0.5, 0.6) is 17.4 Å². The molecule has 1 heterocycles. The number of benzene rings is 1. The van der Waals surface area contributed by atoms with Crippen molar-refractivity contribution in [2.45, 2.75) is 0 Å². The predicted octanol–water partition coefficient (Wildman–Crippen LogP) is 3.01. The molecule has 0 aliphatic rings. The molecule has 1 aromatic heterocycles. The van der Waals surface area contributed by atoms with Crippen LogP contribution in [-0.2, 0) is 0 Å². The Hall–Kier alpha value is -2.47. The van der Waals surface area contributed by atoms with Crippen molar-refractivity contribution in [3.05, 3.63) is 41.0 Å². The van der Waals surface area contributed by atoms with Gasteiger partial charge in [0.2, 0.25) is 5.88 Å². The van der Waals surface area contributed by atoms with E-state index in [4.69, 9.17) is 25.8 Å². The maximum Gasteiger partial charge on any atom is 0.257 e. The van der Waals surface area contributed by atoms with E-state index in [-0.39, 0.29) is 5.91 Å². The first-order valence-electron chi connectivity index (χ1n) is 6.32. The Morgan fingerprint density at radius 1 is 1.09 bits per heavy atom. The van der Waals surface area contributed by atoms with Gasteiger partial charge in [-0.3, -0.25) is 4.79 Å². The Morgan fingerprint density at radius 2 is 1.82 bits per heavy atom. The second-order valence-corrected chi connectivity index (χ2v) is 4.64. The molecule has 0 bridgehead atoms. The molecule has 0 atom stereocenters. The quantitative estimate of drug-likeness (QED) is 0.916. The zero-order valence-corrected chi connectivity index (χ0v) is 13.1. The number of nitrogens with zero attached hydrogens (tertiary/aromatic N) is 1. The van der Waals surface area contributed by atoms with Crippen LogP contribution < -0.4 is 19.5 Å². The lowest BCUT2D eigenvalue weighted by Crippen LogP contribution is -2.13. The first-order chi connectivity index (χ1) is 10.6. The molecule has 0 saturated heterocycles. The van der Waals surface area contributed by atoms with E-state index in [9.17, 15) is 4.79 Å². The van der Waals surface area contributed by atoms with Crippen molar-refractivity contribution in [2.24, 2.45) is 0 Å². The molecular formula is C15H15ClN2O4. The largest absolute Gasteiger partial charge is 0.495 e. The van der Waals surface area contributed by atoms with E-state index in [0.29, 0.717) is 33.7 Å². The Balaban J connectivity index is 2.26. The number of amides is 1. The normalized spacial score (nSPS) is 10.0. The summed E-state index contributed by atoms with van der Waals surface area (Å²) in [5, 5.41) is 3.13. The Morgan fingerprint density at radius 3 is 2.36 bits per heavy atom. The number of rotatable bonds is 5. The Bertz CT molecular complexity index is 674. The van der Waals surface area contributed by atoms with E-state index in [0.717, 1.165) is 0 Å². The van der Waals surface area contributed by atoms with Gasteiger partial charge < -0.3 is 19.5 Å². The molecule has 1 aromatic carbocycles.